The van der Waals surface area contributed by atoms with Crippen molar-refractivity contribution in [1.82, 2.24) is 9.80 Å². The zero-order valence-corrected chi connectivity index (χ0v) is 24.2. The van der Waals surface area contributed by atoms with Crippen LogP contribution in [0.25, 0.3) is 0 Å². The fourth-order valence-electron chi connectivity index (χ4n) is 6.75. The van der Waals surface area contributed by atoms with E-state index in [1.807, 2.05) is 24.8 Å². The zero-order valence-electron chi connectivity index (χ0n) is 24.2. The molecule has 2 atom stereocenters. The largest absolute Gasteiger partial charge is 0.508 e. The number of hydrogen-bond acceptors (Lipinski definition) is 4. The summed E-state index contributed by atoms with van der Waals surface area (Å²) in [5, 5.41) is 9.99. The van der Waals surface area contributed by atoms with Crippen LogP contribution < -0.4 is 4.90 Å². The van der Waals surface area contributed by atoms with Gasteiger partial charge in [-0.05, 0) is 81.1 Å². The van der Waals surface area contributed by atoms with Gasteiger partial charge in [-0.15, -0.1) is 6.58 Å². The predicted molar refractivity (Wildman–Crippen MR) is 153 cm³/mol. The molecule has 2 aromatic rings. The van der Waals surface area contributed by atoms with E-state index >= 15 is 8.78 Å². The van der Waals surface area contributed by atoms with Gasteiger partial charge < -0.3 is 10.0 Å². The lowest BCUT2D eigenvalue weighted by molar-refractivity contribution is -0.0371. The first-order chi connectivity index (χ1) is 19.0. The van der Waals surface area contributed by atoms with Gasteiger partial charge in [0.25, 0.3) is 5.92 Å². The highest BCUT2D eigenvalue weighted by atomic mass is 19.3. The number of phenols is 1. The molecule has 4 nitrogen and oxygen atoms in total. The molecule has 2 saturated heterocycles. The second-order valence-electron chi connectivity index (χ2n) is 11.7. The first-order valence-corrected chi connectivity index (χ1v) is 14.5. The standard InChI is InChI=1S/C30H37F4N3O.C2H6/c1-4-10-35-11-5-8-30(9-12-35)18-36(19-30)22-15-25(31)27(26(32)16-22)28-24-7-6-23(38)14-21(24)13-20(2)37(28)17-29(3,33)34;1-2/h4,6-7,14-16,20,28,38H,1,5,8-13,17-19H2,2-3H3;1-2H3/t20-,28?;/m1./s1. The summed E-state index contributed by atoms with van der Waals surface area (Å²) < 4.78 is 60.1. The van der Waals surface area contributed by atoms with E-state index in [4.69, 9.17) is 0 Å². The van der Waals surface area contributed by atoms with Gasteiger partial charge in [-0.25, -0.2) is 17.6 Å². The summed E-state index contributed by atoms with van der Waals surface area (Å²) >= 11 is 0. The Morgan fingerprint density at radius 2 is 1.75 bits per heavy atom. The van der Waals surface area contributed by atoms with Crippen LogP contribution in [0.1, 0.15) is 69.7 Å². The second-order valence-corrected chi connectivity index (χ2v) is 11.7. The lowest BCUT2D eigenvalue weighted by atomic mass is 9.73. The van der Waals surface area contributed by atoms with Crippen LogP contribution in [0.4, 0.5) is 23.2 Å². The summed E-state index contributed by atoms with van der Waals surface area (Å²) in [5.74, 6) is -4.47. The average molecular weight is 562 g/mol. The third-order valence-electron chi connectivity index (χ3n) is 8.58. The fraction of sp³-hybridized carbons (Fsp3) is 0.562. The van der Waals surface area contributed by atoms with Crippen molar-refractivity contribution < 1.29 is 22.7 Å². The number of rotatable bonds is 6. The van der Waals surface area contributed by atoms with Crippen molar-refractivity contribution in [2.45, 2.75) is 71.4 Å². The van der Waals surface area contributed by atoms with Crippen molar-refractivity contribution in [2.24, 2.45) is 5.41 Å². The van der Waals surface area contributed by atoms with Gasteiger partial charge in [0.15, 0.2) is 0 Å². The highest BCUT2D eigenvalue weighted by Gasteiger charge is 2.45. The molecule has 1 N–H and O–H groups in total. The van der Waals surface area contributed by atoms with Gasteiger partial charge in [-0.2, -0.15) is 0 Å². The number of phenolic OH excluding ortho intramolecular Hbond substituents is 1. The Morgan fingerprint density at radius 1 is 1.07 bits per heavy atom. The van der Waals surface area contributed by atoms with E-state index < -0.39 is 36.2 Å². The molecular formula is C32H43F4N3O. The molecule has 3 heterocycles. The SMILES string of the molecule is C=CCN1CCCC2(CC1)CN(c1cc(F)c(C3c4ccc(O)cc4C[C@@H](C)N3CC(C)(F)F)c(F)c1)C2.CC. The van der Waals surface area contributed by atoms with E-state index in [-0.39, 0.29) is 16.7 Å². The molecule has 5 rings (SSSR count). The van der Waals surface area contributed by atoms with Gasteiger partial charge in [-0.1, -0.05) is 26.0 Å². The molecule has 0 aliphatic carbocycles. The van der Waals surface area contributed by atoms with E-state index in [1.54, 1.807) is 19.1 Å². The number of fused-ring (bicyclic) bond motifs is 1. The normalized spacial score (nSPS) is 23.1. The maximum absolute atomic E-state index is 15.8. The molecule has 2 fully saturated rings. The smallest absolute Gasteiger partial charge is 0.257 e. The number of halogens is 4. The van der Waals surface area contributed by atoms with E-state index in [1.165, 1.54) is 23.1 Å². The molecule has 40 heavy (non-hydrogen) atoms. The quantitative estimate of drug-likeness (QED) is 0.299. The second kappa shape index (κ2) is 12.1. The Hall–Kier alpha value is -2.58. The van der Waals surface area contributed by atoms with Gasteiger partial charge in [-0.3, -0.25) is 9.80 Å². The van der Waals surface area contributed by atoms with Crippen LogP contribution in [0.5, 0.6) is 5.75 Å². The van der Waals surface area contributed by atoms with Crippen LogP contribution >= 0.6 is 0 Å². The van der Waals surface area contributed by atoms with Gasteiger partial charge in [0.2, 0.25) is 0 Å². The Bertz CT molecular complexity index is 1170. The summed E-state index contributed by atoms with van der Waals surface area (Å²) in [6.07, 6.45) is 5.55. The van der Waals surface area contributed by atoms with Crippen molar-refractivity contribution in [3.63, 3.8) is 0 Å². The molecule has 8 heteroatoms. The van der Waals surface area contributed by atoms with Gasteiger partial charge in [0.05, 0.1) is 12.6 Å². The fourth-order valence-corrected chi connectivity index (χ4v) is 6.75. The molecular weight excluding hydrogens is 518 g/mol. The minimum atomic E-state index is -3.04. The number of alkyl halides is 2. The number of likely N-dealkylation sites (tertiary alicyclic amines) is 1. The van der Waals surface area contributed by atoms with Crippen LogP contribution in [-0.2, 0) is 6.42 Å². The highest BCUT2D eigenvalue weighted by Crippen LogP contribution is 2.46. The van der Waals surface area contributed by atoms with Crippen molar-refractivity contribution in [3.8, 4) is 5.75 Å². The summed E-state index contributed by atoms with van der Waals surface area (Å²) in [7, 11) is 0. The molecule has 0 amide bonds. The number of benzene rings is 2. The van der Waals surface area contributed by atoms with Gasteiger partial charge in [0, 0.05) is 49.3 Å². The first-order valence-electron chi connectivity index (χ1n) is 14.5. The zero-order chi connectivity index (χ0) is 29.2. The number of hydrogen-bond donors (Lipinski definition) is 1. The summed E-state index contributed by atoms with van der Waals surface area (Å²) in [5.41, 5.74) is 1.68. The molecule has 2 aromatic carbocycles. The monoisotopic (exact) mass is 561 g/mol. The highest BCUT2D eigenvalue weighted by molar-refractivity contribution is 5.54. The maximum Gasteiger partial charge on any atom is 0.257 e. The molecule has 1 spiro atoms. The summed E-state index contributed by atoms with van der Waals surface area (Å²) in [6, 6.07) is 5.89. The molecule has 0 saturated carbocycles. The first kappa shape index (κ1) is 30.4. The lowest BCUT2D eigenvalue weighted by Crippen LogP contribution is -2.57. The van der Waals surface area contributed by atoms with Gasteiger partial charge >= 0.3 is 0 Å². The maximum atomic E-state index is 15.8. The Kier molecular flexibility index (Phi) is 9.20. The number of nitrogens with zero attached hydrogens (tertiary/aromatic N) is 3. The Balaban J connectivity index is 0.00000181. The van der Waals surface area contributed by atoms with E-state index in [2.05, 4.69) is 11.5 Å². The molecule has 220 valence electrons. The van der Waals surface area contributed by atoms with Gasteiger partial charge in [0.1, 0.15) is 17.4 Å². The minimum absolute atomic E-state index is 0.0399. The third-order valence-corrected chi connectivity index (χ3v) is 8.58. The Morgan fingerprint density at radius 3 is 2.38 bits per heavy atom. The Labute approximate surface area is 236 Å². The van der Waals surface area contributed by atoms with Crippen molar-refractivity contribution in [2.75, 3.05) is 44.2 Å². The van der Waals surface area contributed by atoms with E-state index in [0.29, 0.717) is 23.2 Å². The molecule has 1 unspecified atom stereocenters. The van der Waals surface area contributed by atoms with Crippen molar-refractivity contribution >= 4 is 5.69 Å². The third kappa shape index (κ3) is 6.33. The molecule has 0 bridgehead atoms. The predicted octanol–water partition coefficient (Wildman–Crippen LogP) is 7.17. The van der Waals surface area contributed by atoms with Crippen molar-refractivity contribution in [3.05, 3.63) is 71.3 Å². The summed E-state index contributed by atoms with van der Waals surface area (Å²) in [4.78, 5) is 5.90. The number of anilines is 1. The average Bonchev–Trinajstić information content (AvgIpc) is 3.08. The van der Waals surface area contributed by atoms with Crippen LogP contribution in [-0.4, -0.2) is 66.1 Å². The number of aromatic hydroxyl groups is 1. The van der Waals surface area contributed by atoms with Crippen LogP contribution in [0.2, 0.25) is 0 Å². The molecule has 3 aliphatic rings. The topological polar surface area (TPSA) is 30.0 Å². The van der Waals surface area contributed by atoms with Crippen molar-refractivity contribution in [1.29, 1.82) is 0 Å². The molecule has 0 aromatic heterocycles. The van der Waals surface area contributed by atoms with Crippen LogP contribution in [0.3, 0.4) is 0 Å². The lowest BCUT2D eigenvalue weighted by Gasteiger charge is -2.51. The minimum Gasteiger partial charge on any atom is -0.508 e. The van der Waals surface area contributed by atoms with Crippen LogP contribution in [0.15, 0.2) is 43.0 Å². The summed E-state index contributed by atoms with van der Waals surface area (Å²) in [6.45, 7) is 14.2. The van der Waals surface area contributed by atoms with E-state index in [0.717, 1.165) is 58.9 Å². The molecule has 0 radical (unpaired) electrons. The van der Waals surface area contributed by atoms with E-state index in [9.17, 15) is 13.9 Å². The molecule has 3 aliphatic heterocycles. The van der Waals surface area contributed by atoms with Crippen LogP contribution in [0, 0.1) is 17.0 Å².